The highest BCUT2D eigenvalue weighted by Gasteiger charge is 2.08. The van der Waals surface area contributed by atoms with Gasteiger partial charge in [-0.25, -0.2) is 9.97 Å². The van der Waals surface area contributed by atoms with Gasteiger partial charge < -0.3 is 10.5 Å². The fourth-order valence-electron chi connectivity index (χ4n) is 1.72. The maximum atomic E-state index is 6.03. The molecule has 0 bridgehead atoms. The van der Waals surface area contributed by atoms with Crippen molar-refractivity contribution in [3.63, 3.8) is 0 Å². The second kappa shape index (κ2) is 5.44. The van der Waals surface area contributed by atoms with E-state index in [1.165, 1.54) is 11.3 Å². The molecule has 0 amide bonds. The molecule has 0 unspecified atom stereocenters. The molecule has 0 radical (unpaired) electrons. The van der Waals surface area contributed by atoms with Crippen LogP contribution in [0.1, 0.15) is 5.82 Å². The van der Waals surface area contributed by atoms with Crippen LogP contribution in [-0.4, -0.2) is 9.97 Å². The van der Waals surface area contributed by atoms with E-state index in [0.717, 1.165) is 10.2 Å². The van der Waals surface area contributed by atoms with Crippen LogP contribution >= 0.6 is 34.5 Å². The van der Waals surface area contributed by atoms with Crippen molar-refractivity contribution >= 4 is 50.6 Å². The van der Waals surface area contributed by atoms with Gasteiger partial charge in [0.1, 0.15) is 23.0 Å². The minimum atomic E-state index is 0.194. The number of hydrogen-bond donors (Lipinski definition) is 1. The van der Waals surface area contributed by atoms with Gasteiger partial charge in [0.05, 0.1) is 10.4 Å². The second-order valence-corrected chi connectivity index (χ2v) is 5.77. The lowest BCUT2D eigenvalue weighted by atomic mass is 10.3. The zero-order valence-electron chi connectivity index (χ0n) is 10.1. The number of anilines is 1. The summed E-state index contributed by atoms with van der Waals surface area (Å²) in [5.41, 5.74) is 5.88. The van der Waals surface area contributed by atoms with Crippen molar-refractivity contribution in [2.75, 3.05) is 5.73 Å². The summed E-state index contributed by atoms with van der Waals surface area (Å²) in [6.45, 7) is 0.194. The third-order valence-corrected chi connectivity index (χ3v) is 3.99. The number of thiophene rings is 1. The number of nitrogens with two attached hydrogens (primary N) is 1. The molecule has 3 aromatic rings. The summed E-state index contributed by atoms with van der Waals surface area (Å²) in [5.74, 6) is 1.50. The number of aromatic nitrogens is 2. The fourth-order valence-corrected chi connectivity index (χ4v) is 2.98. The van der Waals surface area contributed by atoms with Gasteiger partial charge in [0.2, 0.25) is 0 Å². The summed E-state index contributed by atoms with van der Waals surface area (Å²) >= 11 is 13.4. The first kappa shape index (κ1) is 13.4. The van der Waals surface area contributed by atoms with Crippen LogP contribution in [0.2, 0.25) is 10.0 Å². The van der Waals surface area contributed by atoms with Gasteiger partial charge in [-0.3, -0.25) is 0 Å². The van der Waals surface area contributed by atoms with Crippen LogP contribution in [0.3, 0.4) is 0 Å². The van der Waals surface area contributed by atoms with Crippen LogP contribution in [0.5, 0.6) is 5.75 Å². The van der Waals surface area contributed by atoms with Gasteiger partial charge in [-0.1, -0.05) is 23.2 Å². The third-order valence-electron chi connectivity index (χ3n) is 2.65. The molecule has 4 nitrogen and oxygen atoms in total. The Balaban J connectivity index is 1.82. The molecule has 0 aliphatic carbocycles. The van der Waals surface area contributed by atoms with Crippen molar-refractivity contribution in [1.82, 2.24) is 9.97 Å². The number of fused-ring (bicyclic) bond motifs is 1. The summed E-state index contributed by atoms with van der Waals surface area (Å²) in [4.78, 5) is 9.45. The van der Waals surface area contributed by atoms with Crippen molar-refractivity contribution in [1.29, 1.82) is 0 Å². The maximum Gasteiger partial charge on any atom is 0.169 e. The predicted molar refractivity (Wildman–Crippen MR) is 82.6 cm³/mol. The van der Waals surface area contributed by atoms with Crippen LogP contribution < -0.4 is 10.5 Å². The zero-order valence-corrected chi connectivity index (χ0v) is 12.5. The Bertz CT molecular complexity index is 775. The number of ether oxygens (including phenoxy) is 1. The topological polar surface area (TPSA) is 61.0 Å². The summed E-state index contributed by atoms with van der Waals surface area (Å²) in [6, 6.07) is 6.93. The molecule has 0 aliphatic rings. The van der Waals surface area contributed by atoms with E-state index in [4.69, 9.17) is 33.7 Å². The molecule has 0 saturated carbocycles. The largest absolute Gasteiger partial charge is 0.484 e. The van der Waals surface area contributed by atoms with Crippen LogP contribution in [0, 0.1) is 0 Å². The van der Waals surface area contributed by atoms with Crippen molar-refractivity contribution < 1.29 is 4.74 Å². The molecule has 2 N–H and O–H groups in total. The molecule has 0 atom stereocenters. The second-order valence-electron chi connectivity index (χ2n) is 4.03. The lowest BCUT2D eigenvalue weighted by molar-refractivity contribution is 0.297. The molecule has 102 valence electrons. The number of rotatable bonds is 3. The maximum absolute atomic E-state index is 6.03. The molecule has 20 heavy (non-hydrogen) atoms. The third kappa shape index (κ3) is 2.65. The van der Waals surface area contributed by atoms with E-state index in [9.17, 15) is 0 Å². The van der Waals surface area contributed by atoms with Crippen LogP contribution in [-0.2, 0) is 6.61 Å². The molecular formula is C13H9Cl2N3OS. The summed E-state index contributed by atoms with van der Waals surface area (Å²) in [6.07, 6.45) is 0. The highest BCUT2D eigenvalue weighted by atomic mass is 35.5. The van der Waals surface area contributed by atoms with Crippen LogP contribution in [0.15, 0.2) is 29.6 Å². The summed E-state index contributed by atoms with van der Waals surface area (Å²) in [7, 11) is 0. The van der Waals surface area contributed by atoms with E-state index in [1.807, 2.05) is 11.4 Å². The highest BCUT2D eigenvalue weighted by Crippen LogP contribution is 2.28. The van der Waals surface area contributed by atoms with Crippen molar-refractivity contribution in [3.8, 4) is 5.75 Å². The Morgan fingerprint density at radius 1 is 1.20 bits per heavy atom. The first-order valence-electron chi connectivity index (χ1n) is 5.71. The molecular weight excluding hydrogens is 317 g/mol. The minimum absolute atomic E-state index is 0.194. The Morgan fingerprint density at radius 3 is 2.85 bits per heavy atom. The van der Waals surface area contributed by atoms with E-state index in [1.54, 1.807) is 18.2 Å². The fraction of sp³-hybridized carbons (Fsp3) is 0.0769. The average molecular weight is 326 g/mol. The standard InChI is InChI=1S/C13H9Cl2N3OS/c14-7-1-2-10(9(15)5-7)19-6-11-17-12(16)8-3-4-20-13(8)18-11/h1-5H,6H2,(H2,16,17,18). The summed E-state index contributed by atoms with van der Waals surface area (Å²) in [5, 5.41) is 3.80. The van der Waals surface area contributed by atoms with Gasteiger partial charge in [-0.05, 0) is 29.6 Å². The van der Waals surface area contributed by atoms with Gasteiger partial charge in [-0.2, -0.15) is 0 Å². The molecule has 0 spiro atoms. The van der Waals surface area contributed by atoms with Gasteiger partial charge in [-0.15, -0.1) is 11.3 Å². The van der Waals surface area contributed by atoms with Crippen LogP contribution in [0.25, 0.3) is 10.2 Å². The number of nitrogen functional groups attached to an aromatic ring is 1. The van der Waals surface area contributed by atoms with E-state index < -0.39 is 0 Å². The number of nitrogens with zero attached hydrogens (tertiary/aromatic N) is 2. The van der Waals surface area contributed by atoms with Crippen LogP contribution in [0.4, 0.5) is 5.82 Å². The van der Waals surface area contributed by atoms with Gasteiger partial charge in [0.25, 0.3) is 0 Å². The first-order valence-corrected chi connectivity index (χ1v) is 7.34. The molecule has 0 fully saturated rings. The predicted octanol–water partition coefficient (Wildman–Crippen LogP) is 4.16. The van der Waals surface area contributed by atoms with Crippen molar-refractivity contribution in [2.45, 2.75) is 6.61 Å². The number of benzene rings is 1. The molecule has 0 aliphatic heterocycles. The Kier molecular flexibility index (Phi) is 3.65. The summed E-state index contributed by atoms with van der Waals surface area (Å²) < 4.78 is 5.59. The van der Waals surface area contributed by atoms with E-state index in [-0.39, 0.29) is 6.61 Å². The first-order chi connectivity index (χ1) is 9.63. The monoisotopic (exact) mass is 325 g/mol. The average Bonchev–Trinajstić information content (AvgIpc) is 2.86. The number of hydrogen-bond acceptors (Lipinski definition) is 5. The van der Waals surface area contributed by atoms with E-state index in [0.29, 0.717) is 27.4 Å². The zero-order chi connectivity index (χ0) is 14.1. The van der Waals surface area contributed by atoms with Gasteiger partial charge in [0.15, 0.2) is 5.82 Å². The molecule has 2 aromatic heterocycles. The quantitative estimate of drug-likeness (QED) is 0.785. The molecule has 3 rings (SSSR count). The highest BCUT2D eigenvalue weighted by molar-refractivity contribution is 7.16. The molecule has 7 heteroatoms. The Morgan fingerprint density at radius 2 is 2.05 bits per heavy atom. The normalized spacial score (nSPS) is 10.9. The number of halogens is 2. The van der Waals surface area contributed by atoms with Crippen molar-refractivity contribution in [3.05, 3.63) is 45.5 Å². The smallest absolute Gasteiger partial charge is 0.169 e. The SMILES string of the molecule is Nc1nc(COc2ccc(Cl)cc2Cl)nc2sccc12. The molecule has 1 aromatic carbocycles. The van der Waals surface area contributed by atoms with E-state index in [2.05, 4.69) is 9.97 Å². The van der Waals surface area contributed by atoms with Gasteiger partial charge >= 0.3 is 0 Å². The lowest BCUT2D eigenvalue weighted by Crippen LogP contribution is -2.04. The molecule has 2 heterocycles. The minimum Gasteiger partial charge on any atom is -0.484 e. The Hall–Kier alpha value is -1.56. The Labute approximate surface area is 129 Å². The van der Waals surface area contributed by atoms with Crippen molar-refractivity contribution in [2.24, 2.45) is 0 Å². The lowest BCUT2D eigenvalue weighted by Gasteiger charge is -2.08. The van der Waals surface area contributed by atoms with Gasteiger partial charge in [0, 0.05) is 5.02 Å². The molecule has 0 saturated heterocycles. The van der Waals surface area contributed by atoms with E-state index >= 15 is 0 Å².